The molecule has 2 fully saturated rings. The van der Waals surface area contributed by atoms with Crippen LogP contribution in [0.2, 0.25) is 0 Å². The zero-order valence-corrected chi connectivity index (χ0v) is 19.2. The third-order valence-electron chi connectivity index (χ3n) is 7.26. The van der Waals surface area contributed by atoms with Gasteiger partial charge in [-0.05, 0) is 44.6 Å². The average molecular weight is 450 g/mol. The van der Waals surface area contributed by atoms with Crippen molar-refractivity contribution in [2.24, 2.45) is 0 Å². The van der Waals surface area contributed by atoms with Crippen molar-refractivity contribution < 1.29 is 4.79 Å². The lowest BCUT2D eigenvalue weighted by atomic mass is 10.0. The van der Waals surface area contributed by atoms with Crippen LogP contribution >= 0.6 is 0 Å². The zero-order valence-electron chi connectivity index (χ0n) is 19.2. The molecule has 1 aliphatic carbocycles. The Morgan fingerprint density at radius 1 is 1.00 bits per heavy atom. The summed E-state index contributed by atoms with van der Waals surface area (Å²) in [5.41, 5.74) is 0.873. The maximum atomic E-state index is 13.6. The number of likely N-dealkylation sites (tertiary alicyclic amines) is 1. The number of carbonyl (C=O) groups excluding carboxylic acids is 1. The van der Waals surface area contributed by atoms with Gasteiger partial charge in [0.1, 0.15) is 6.54 Å². The Morgan fingerprint density at radius 2 is 1.73 bits per heavy atom. The Balaban J connectivity index is 1.62. The summed E-state index contributed by atoms with van der Waals surface area (Å²) >= 11 is 0. The van der Waals surface area contributed by atoms with Crippen LogP contribution in [-0.2, 0) is 17.9 Å². The topological polar surface area (TPSA) is 82.1 Å². The van der Waals surface area contributed by atoms with Crippen LogP contribution in [0.25, 0.3) is 11.2 Å². The van der Waals surface area contributed by atoms with E-state index < -0.39 is 11.2 Å². The van der Waals surface area contributed by atoms with E-state index in [1.54, 1.807) is 10.9 Å². The molecule has 8 nitrogen and oxygen atoms in total. The van der Waals surface area contributed by atoms with Crippen molar-refractivity contribution in [2.75, 3.05) is 6.54 Å². The number of hydrogen-bond donors (Lipinski definition) is 0. The fourth-order valence-electron chi connectivity index (χ4n) is 5.41. The lowest BCUT2D eigenvalue weighted by molar-refractivity contribution is -0.135. The monoisotopic (exact) mass is 449 g/mol. The quantitative estimate of drug-likeness (QED) is 0.600. The maximum absolute atomic E-state index is 13.6. The van der Waals surface area contributed by atoms with Crippen LogP contribution in [-0.4, -0.2) is 42.1 Å². The van der Waals surface area contributed by atoms with E-state index in [1.807, 2.05) is 46.7 Å². The van der Waals surface area contributed by atoms with Crippen molar-refractivity contribution in [3.05, 3.63) is 63.1 Å². The molecule has 5 rings (SSSR count). The number of carbonyl (C=O) groups is 1. The number of amides is 1. The van der Waals surface area contributed by atoms with Crippen LogP contribution in [0.3, 0.4) is 0 Å². The molecule has 1 saturated carbocycles. The highest BCUT2D eigenvalue weighted by Crippen LogP contribution is 2.31. The van der Waals surface area contributed by atoms with Gasteiger partial charge >= 0.3 is 5.69 Å². The normalized spacial score (nSPS) is 19.4. The molecule has 1 atom stereocenters. The summed E-state index contributed by atoms with van der Waals surface area (Å²) < 4.78 is 4.61. The molecule has 1 aliphatic heterocycles. The zero-order chi connectivity index (χ0) is 22.9. The van der Waals surface area contributed by atoms with Crippen molar-refractivity contribution in [3.8, 4) is 0 Å². The molecule has 2 aliphatic rings. The second-order valence-corrected chi connectivity index (χ2v) is 9.44. The van der Waals surface area contributed by atoms with Gasteiger partial charge in [-0.3, -0.25) is 14.2 Å². The first-order chi connectivity index (χ1) is 16.0. The minimum atomic E-state index is -0.481. The highest BCUT2D eigenvalue weighted by molar-refractivity contribution is 5.77. The van der Waals surface area contributed by atoms with Crippen LogP contribution in [0, 0.1) is 0 Å². The van der Waals surface area contributed by atoms with E-state index in [9.17, 15) is 14.4 Å². The smallest absolute Gasteiger partial charge is 0.333 e. The number of rotatable bonds is 5. The van der Waals surface area contributed by atoms with Crippen molar-refractivity contribution in [3.63, 3.8) is 0 Å². The molecule has 1 saturated heterocycles. The average Bonchev–Trinajstić information content (AvgIpc) is 3.50. The number of nitrogens with zero attached hydrogens (tertiary/aromatic N) is 5. The van der Waals surface area contributed by atoms with Crippen LogP contribution in [0.1, 0.15) is 63.5 Å². The minimum absolute atomic E-state index is 0.126. The Kier molecular flexibility index (Phi) is 5.91. The van der Waals surface area contributed by atoms with E-state index >= 15 is 0 Å². The Hall–Kier alpha value is -3.16. The fourth-order valence-corrected chi connectivity index (χ4v) is 5.41. The van der Waals surface area contributed by atoms with Crippen molar-refractivity contribution >= 4 is 17.1 Å². The van der Waals surface area contributed by atoms with Crippen LogP contribution < -0.4 is 11.2 Å². The van der Waals surface area contributed by atoms with Crippen molar-refractivity contribution in [1.29, 1.82) is 0 Å². The number of benzene rings is 1. The second kappa shape index (κ2) is 9.00. The first-order valence-corrected chi connectivity index (χ1v) is 12.1. The maximum Gasteiger partial charge on any atom is 0.333 e. The third-order valence-corrected chi connectivity index (χ3v) is 7.26. The summed E-state index contributed by atoms with van der Waals surface area (Å²) in [7, 11) is 0. The molecule has 0 radical (unpaired) electrons. The summed E-state index contributed by atoms with van der Waals surface area (Å²) in [6, 6.07) is 10.00. The van der Waals surface area contributed by atoms with Crippen LogP contribution in [0.4, 0.5) is 0 Å². The van der Waals surface area contributed by atoms with Crippen molar-refractivity contribution in [2.45, 2.75) is 77.0 Å². The number of piperidine rings is 1. The SMILES string of the molecule is C[C@H]1CCCCN1C(=O)Cn1c(=O)c2c(ncn2C2CCCC2)n(Cc2ccccc2)c1=O. The van der Waals surface area contributed by atoms with Gasteiger partial charge in [-0.25, -0.2) is 14.3 Å². The largest absolute Gasteiger partial charge is 0.338 e. The summed E-state index contributed by atoms with van der Waals surface area (Å²) in [4.78, 5) is 46.7. The molecule has 1 amide bonds. The molecule has 3 heterocycles. The fraction of sp³-hybridized carbons (Fsp3) is 0.520. The molecular formula is C25H31N5O3. The molecular weight excluding hydrogens is 418 g/mol. The lowest BCUT2D eigenvalue weighted by Crippen LogP contribution is -2.48. The number of hydrogen-bond acceptors (Lipinski definition) is 4. The highest BCUT2D eigenvalue weighted by Gasteiger charge is 2.27. The van der Waals surface area contributed by atoms with E-state index in [2.05, 4.69) is 4.98 Å². The van der Waals surface area contributed by atoms with E-state index in [0.717, 1.165) is 55.1 Å². The molecule has 0 spiro atoms. The third kappa shape index (κ3) is 4.03. The van der Waals surface area contributed by atoms with Gasteiger partial charge in [0.15, 0.2) is 11.2 Å². The number of imidazole rings is 1. The lowest BCUT2D eigenvalue weighted by Gasteiger charge is -2.33. The molecule has 0 bridgehead atoms. The van der Waals surface area contributed by atoms with Gasteiger partial charge in [0.05, 0.1) is 12.9 Å². The first-order valence-electron chi connectivity index (χ1n) is 12.1. The first kappa shape index (κ1) is 21.7. The van der Waals surface area contributed by atoms with Crippen LogP contribution in [0.5, 0.6) is 0 Å². The van der Waals surface area contributed by atoms with Crippen molar-refractivity contribution in [1.82, 2.24) is 23.6 Å². The van der Waals surface area contributed by atoms with Gasteiger partial charge in [-0.1, -0.05) is 43.2 Å². The molecule has 33 heavy (non-hydrogen) atoms. The van der Waals surface area contributed by atoms with Crippen LogP contribution in [0.15, 0.2) is 46.2 Å². The Bertz CT molecular complexity index is 1270. The summed E-state index contributed by atoms with van der Waals surface area (Å²) in [6.45, 7) is 2.77. The van der Waals surface area contributed by atoms with Gasteiger partial charge < -0.3 is 9.47 Å². The van der Waals surface area contributed by atoms with Gasteiger partial charge in [-0.15, -0.1) is 0 Å². The molecule has 174 valence electrons. The molecule has 3 aromatic rings. The second-order valence-electron chi connectivity index (χ2n) is 9.44. The molecule has 0 unspecified atom stereocenters. The predicted octanol–water partition coefficient (Wildman–Crippen LogP) is 2.92. The van der Waals surface area contributed by atoms with E-state index in [4.69, 9.17) is 0 Å². The van der Waals surface area contributed by atoms with E-state index in [-0.39, 0.29) is 24.5 Å². The standard InChI is InChI=1S/C25H31N5O3/c1-18-9-7-8-14-27(18)21(31)16-29-24(32)22-23(26-17-30(22)20-12-5-6-13-20)28(25(29)33)15-19-10-3-2-4-11-19/h2-4,10-11,17-18,20H,5-9,12-16H2,1H3/t18-/m0/s1. The molecule has 8 heteroatoms. The Morgan fingerprint density at radius 3 is 2.45 bits per heavy atom. The van der Waals surface area contributed by atoms with E-state index in [1.165, 1.54) is 0 Å². The Labute approximate surface area is 192 Å². The molecule has 1 aromatic carbocycles. The van der Waals surface area contributed by atoms with Gasteiger partial charge in [0.2, 0.25) is 5.91 Å². The van der Waals surface area contributed by atoms with Gasteiger partial charge in [-0.2, -0.15) is 0 Å². The predicted molar refractivity (Wildman–Crippen MR) is 126 cm³/mol. The summed E-state index contributed by atoms with van der Waals surface area (Å²) in [5.74, 6) is -0.168. The summed E-state index contributed by atoms with van der Waals surface area (Å²) in [5, 5.41) is 0. The molecule has 2 aromatic heterocycles. The number of aromatic nitrogens is 4. The minimum Gasteiger partial charge on any atom is -0.338 e. The molecule has 0 N–H and O–H groups in total. The van der Waals surface area contributed by atoms with E-state index in [0.29, 0.717) is 24.3 Å². The van der Waals surface area contributed by atoms with Gasteiger partial charge in [0.25, 0.3) is 5.56 Å². The highest BCUT2D eigenvalue weighted by atomic mass is 16.2. The van der Waals surface area contributed by atoms with Gasteiger partial charge in [0, 0.05) is 18.6 Å². The number of fused-ring (bicyclic) bond motifs is 1. The summed E-state index contributed by atoms with van der Waals surface area (Å²) in [6.07, 6.45) is 8.92.